The van der Waals surface area contributed by atoms with Crippen molar-refractivity contribution < 1.29 is 0 Å². The van der Waals surface area contributed by atoms with E-state index in [-0.39, 0.29) is 0 Å². The van der Waals surface area contributed by atoms with Gasteiger partial charge in [0.15, 0.2) is 0 Å². The first kappa shape index (κ1) is 7.44. The molecule has 2 nitrogen and oxygen atoms in total. The van der Waals surface area contributed by atoms with Crippen LogP contribution in [-0.4, -0.2) is 10.2 Å². The minimum atomic E-state index is 0.922. The van der Waals surface area contributed by atoms with Gasteiger partial charge in [-0.1, -0.05) is 30.3 Å². The third-order valence-corrected chi connectivity index (χ3v) is 2.32. The average Bonchev–Trinajstić information content (AvgIpc) is 2.29. The molecule has 0 saturated carbocycles. The lowest BCUT2D eigenvalue weighted by molar-refractivity contribution is 1.08. The van der Waals surface area contributed by atoms with Gasteiger partial charge in [-0.2, -0.15) is 5.10 Å². The zero-order chi connectivity index (χ0) is 9.38. The molecule has 0 saturated heterocycles. The van der Waals surface area contributed by atoms with Gasteiger partial charge in [-0.25, -0.2) is 0 Å². The number of fused-ring (bicyclic) bond motifs is 3. The maximum Gasteiger partial charge on any atom is 0.101 e. The van der Waals surface area contributed by atoms with Crippen molar-refractivity contribution in [2.24, 2.45) is 0 Å². The molecule has 0 amide bonds. The van der Waals surface area contributed by atoms with E-state index in [2.05, 4.69) is 34.5 Å². The van der Waals surface area contributed by atoms with Gasteiger partial charge in [0.1, 0.15) is 5.52 Å². The summed E-state index contributed by atoms with van der Waals surface area (Å²) in [6.45, 7) is 0. The molecule has 3 rings (SSSR count). The second-order valence-electron chi connectivity index (χ2n) is 3.17. The van der Waals surface area contributed by atoms with E-state index in [1.54, 1.807) is 6.20 Å². The van der Waals surface area contributed by atoms with Gasteiger partial charge >= 0.3 is 0 Å². The quantitative estimate of drug-likeness (QED) is 0.496. The summed E-state index contributed by atoms with van der Waals surface area (Å²) in [5.41, 5.74) is 0.922. The SMILES string of the molecule is [c]1cccc2ccc3ccnnc3c12. The van der Waals surface area contributed by atoms with Crippen LogP contribution < -0.4 is 0 Å². The zero-order valence-electron chi connectivity index (χ0n) is 7.44. The predicted molar refractivity (Wildman–Crippen MR) is 55.9 cm³/mol. The van der Waals surface area contributed by atoms with Crippen molar-refractivity contribution in [1.29, 1.82) is 0 Å². The van der Waals surface area contributed by atoms with Gasteiger partial charge in [0, 0.05) is 10.8 Å². The molecule has 0 bridgehead atoms. The number of nitrogens with zero attached hydrogens (tertiary/aromatic N) is 2. The lowest BCUT2D eigenvalue weighted by Gasteiger charge is -1.99. The van der Waals surface area contributed by atoms with E-state index in [0.29, 0.717) is 0 Å². The molecule has 3 aromatic rings. The lowest BCUT2D eigenvalue weighted by atomic mass is 10.1. The summed E-state index contributed by atoms with van der Waals surface area (Å²) < 4.78 is 0. The van der Waals surface area contributed by atoms with Crippen LogP contribution in [0.1, 0.15) is 0 Å². The molecule has 1 heterocycles. The fourth-order valence-corrected chi connectivity index (χ4v) is 1.64. The Kier molecular flexibility index (Phi) is 1.47. The summed E-state index contributed by atoms with van der Waals surface area (Å²) >= 11 is 0. The van der Waals surface area contributed by atoms with Gasteiger partial charge in [0.2, 0.25) is 0 Å². The molecule has 0 N–H and O–H groups in total. The maximum absolute atomic E-state index is 4.13. The molecular weight excluding hydrogens is 172 g/mol. The topological polar surface area (TPSA) is 25.8 Å². The molecule has 0 spiro atoms. The number of benzene rings is 2. The highest BCUT2D eigenvalue weighted by atomic mass is 15.1. The average molecular weight is 179 g/mol. The second kappa shape index (κ2) is 2.77. The van der Waals surface area contributed by atoms with Crippen molar-refractivity contribution in [3.05, 3.63) is 48.7 Å². The summed E-state index contributed by atoms with van der Waals surface area (Å²) in [5.74, 6) is 0. The Bertz CT molecular complexity index is 547. The van der Waals surface area contributed by atoms with Crippen molar-refractivity contribution in [3.8, 4) is 0 Å². The van der Waals surface area contributed by atoms with Gasteiger partial charge in [0.05, 0.1) is 6.20 Å². The van der Waals surface area contributed by atoms with E-state index in [1.165, 1.54) is 0 Å². The first-order valence-electron chi connectivity index (χ1n) is 4.46. The largest absolute Gasteiger partial charge is 0.158 e. The van der Waals surface area contributed by atoms with Gasteiger partial charge in [0.25, 0.3) is 0 Å². The van der Waals surface area contributed by atoms with Gasteiger partial charge in [-0.3, -0.25) is 0 Å². The molecule has 1 aromatic heterocycles. The molecule has 2 heteroatoms. The summed E-state index contributed by atoms with van der Waals surface area (Å²) in [5, 5.41) is 11.3. The van der Waals surface area contributed by atoms with Crippen LogP contribution in [0, 0.1) is 6.07 Å². The number of hydrogen-bond acceptors (Lipinski definition) is 2. The van der Waals surface area contributed by atoms with E-state index in [1.807, 2.05) is 18.2 Å². The number of rotatable bonds is 0. The van der Waals surface area contributed by atoms with Crippen LogP contribution in [0.4, 0.5) is 0 Å². The Balaban J connectivity index is 2.61. The third kappa shape index (κ3) is 0.973. The molecule has 2 aromatic carbocycles. The van der Waals surface area contributed by atoms with Crippen LogP contribution in [-0.2, 0) is 0 Å². The summed E-state index contributed by atoms with van der Waals surface area (Å²) in [7, 11) is 0. The minimum Gasteiger partial charge on any atom is -0.158 e. The minimum absolute atomic E-state index is 0.922. The Morgan fingerprint density at radius 3 is 2.93 bits per heavy atom. The predicted octanol–water partition coefficient (Wildman–Crippen LogP) is 2.58. The molecule has 0 unspecified atom stereocenters. The maximum atomic E-state index is 4.13. The molecule has 1 radical (unpaired) electrons. The third-order valence-electron chi connectivity index (χ3n) is 2.32. The van der Waals surface area contributed by atoms with Crippen LogP contribution in [0.25, 0.3) is 21.7 Å². The van der Waals surface area contributed by atoms with Gasteiger partial charge < -0.3 is 0 Å². The molecular formula is C12H7N2. The molecule has 0 aliphatic rings. The summed E-state index contributed by atoms with van der Waals surface area (Å²) in [4.78, 5) is 0. The van der Waals surface area contributed by atoms with Crippen LogP contribution in [0.3, 0.4) is 0 Å². The smallest absolute Gasteiger partial charge is 0.101 e. The van der Waals surface area contributed by atoms with Gasteiger partial charge in [-0.15, -0.1) is 5.10 Å². The van der Waals surface area contributed by atoms with Crippen LogP contribution in [0.15, 0.2) is 42.6 Å². The standard InChI is InChI=1S/C12H7N2/c1-2-4-11-9(3-1)5-6-10-7-8-13-14-12(10)11/h1-3,5-8H. The monoisotopic (exact) mass is 179 g/mol. The van der Waals surface area contributed by atoms with Crippen molar-refractivity contribution in [2.45, 2.75) is 0 Å². The Labute approximate surface area is 81.2 Å². The van der Waals surface area contributed by atoms with E-state index < -0.39 is 0 Å². The second-order valence-corrected chi connectivity index (χ2v) is 3.17. The highest BCUT2D eigenvalue weighted by Gasteiger charge is 1.99. The lowest BCUT2D eigenvalue weighted by Crippen LogP contribution is -1.83. The van der Waals surface area contributed by atoms with Crippen molar-refractivity contribution in [3.63, 3.8) is 0 Å². The fourth-order valence-electron chi connectivity index (χ4n) is 1.64. The molecule has 14 heavy (non-hydrogen) atoms. The molecule has 0 atom stereocenters. The first-order valence-corrected chi connectivity index (χ1v) is 4.46. The van der Waals surface area contributed by atoms with Crippen molar-refractivity contribution >= 4 is 21.7 Å². The zero-order valence-corrected chi connectivity index (χ0v) is 7.44. The Morgan fingerprint density at radius 1 is 1.00 bits per heavy atom. The Hall–Kier alpha value is -1.96. The van der Waals surface area contributed by atoms with Crippen molar-refractivity contribution in [2.75, 3.05) is 0 Å². The Morgan fingerprint density at radius 2 is 1.93 bits per heavy atom. The molecule has 65 valence electrons. The van der Waals surface area contributed by atoms with E-state index >= 15 is 0 Å². The number of aromatic nitrogens is 2. The van der Waals surface area contributed by atoms with Crippen LogP contribution >= 0.6 is 0 Å². The van der Waals surface area contributed by atoms with E-state index in [4.69, 9.17) is 0 Å². The first-order chi connectivity index (χ1) is 6.95. The molecule has 0 fully saturated rings. The van der Waals surface area contributed by atoms with Crippen LogP contribution in [0.5, 0.6) is 0 Å². The summed E-state index contributed by atoms with van der Waals surface area (Å²) in [6.07, 6.45) is 1.71. The number of hydrogen-bond donors (Lipinski definition) is 0. The highest BCUT2D eigenvalue weighted by molar-refractivity contribution is 6.04. The highest BCUT2D eigenvalue weighted by Crippen LogP contribution is 2.21. The van der Waals surface area contributed by atoms with E-state index in [0.717, 1.165) is 21.7 Å². The van der Waals surface area contributed by atoms with Crippen LogP contribution in [0.2, 0.25) is 0 Å². The molecule has 0 aliphatic carbocycles. The summed E-state index contributed by atoms with van der Waals surface area (Å²) in [6, 6.07) is 15.2. The normalized spacial score (nSPS) is 10.9. The van der Waals surface area contributed by atoms with E-state index in [9.17, 15) is 0 Å². The molecule has 0 aliphatic heterocycles. The van der Waals surface area contributed by atoms with Crippen molar-refractivity contribution in [1.82, 2.24) is 10.2 Å². The van der Waals surface area contributed by atoms with Gasteiger partial charge in [-0.05, 0) is 17.5 Å². The fraction of sp³-hybridized carbons (Fsp3) is 0.